The molecular formula is C112H147N25O9. The lowest BCUT2D eigenvalue weighted by Gasteiger charge is -2.33. The first-order valence-corrected chi connectivity index (χ1v) is 54.1. The van der Waals surface area contributed by atoms with Crippen LogP contribution < -0.4 is 58.4 Å². The van der Waals surface area contributed by atoms with Crippen molar-refractivity contribution < 1.29 is 42.6 Å². The van der Waals surface area contributed by atoms with Crippen molar-refractivity contribution in [2.45, 2.75) is 197 Å². The van der Waals surface area contributed by atoms with Crippen LogP contribution in [0.1, 0.15) is 180 Å². The molecule has 0 bridgehead atoms. The monoisotopic (exact) mass is 1990 g/mol. The Balaban J connectivity index is 0.000000118. The predicted molar refractivity (Wildman–Crippen MR) is 568 cm³/mol. The minimum Gasteiger partial charge on any atom is -0.488 e. The zero-order valence-electron chi connectivity index (χ0n) is 86.3. The van der Waals surface area contributed by atoms with Crippen LogP contribution in [0.2, 0.25) is 0 Å². The molecule has 1 N–H and O–H groups in total. The molecule has 146 heavy (non-hydrogen) atoms. The second-order valence-corrected chi connectivity index (χ2v) is 41.8. The van der Waals surface area contributed by atoms with Gasteiger partial charge in [-0.15, -0.1) is 0 Å². The lowest BCUT2D eigenvalue weighted by molar-refractivity contribution is 0.122. The van der Waals surface area contributed by atoms with Crippen molar-refractivity contribution in [3.05, 3.63) is 175 Å². The van der Waals surface area contributed by atoms with Crippen molar-refractivity contribution in [2.75, 3.05) is 222 Å². The molecule has 11 fully saturated rings. The number of fused-ring (bicyclic) bond motifs is 4. The third kappa shape index (κ3) is 27.0. The molecule has 4 aliphatic carbocycles. The molecule has 0 radical (unpaired) electrons. The number of morpholine rings is 4. The highest BCUT2D eigenvalue weighted by molar-refractivity contribution is 5.88. The molecule has 15 heterocycles. The number of aromatic nitrogens is 16. The molecule has 0 unspecified atom stereocenters. The minimum absolute atomic E-state index is 0.175. The van der Waals surface area contributed by atoms with Crippen molar-refractivity contribution in [3.63, 3.8) is 0 Å². The first kappa shape index (κ1) is 101. The predicted octanol–water partition coefficient (Wildman–Crippen LogP) is 15.2. The minimum atomic E-state index is 0.175. The Kier molecular flexibility index (Phi) is 34.5. The van der Waals surface area contributed by atoms with E-state index in [-0.39, 0.29) is 24.4 Å². The summed E-state index contributed by atoms with van der Waals surface area (Å²) in [6.07, 6.45) is 46.9. The van der Waals surface area contributed by atoms with Gasteiger partial charge in [-0.05, 0) is 254 Å². The Morgan fingerprint density at radius 1 is 0.336 bits per heavy atom. The van der Waals surface area contributed by atoms with Gasteiger partial charge < -0.3 is 87.1 Å². The quantitative estimate of drug-likeness (QED) is 0.0555. The van der Waals surface area contributed by atoms with Gasteiger partial charge in [0.15, 0.2) is 0 Å². The number of anilines is 6. The summed E-state index contributed by atoms with van der Waals surface area (Å²) in [7, 11) is 9.93. The van der Waals surface area contributed by atoms with Crippen molar-refractivity contribution in [3.8, 4) is 28.9 Å². The topological polar surface area (TPSA) is 327 Å². The maximum Gasteiger partial charge on any atom is 0.228 e. The van der Waals surface area contributed by atoms with E-state index in [2.05, 4.69) is 177 Å². The van der Waals surface area contributed by atoms with Crippen LogP contribution in [-0.2, 0) is 44.6 Å². The number of nitrogens with zero attached hydrogens (tertiary/aromatic N) is 24. The molecule has 34 heteroatoms. The van der Waals surface area contributed by atoms with Gasteiger partial charge in [0.1, 0.15) is 68.4 Å². The van der Waals surface area contributed by atoms with Crippen molar-refractivity contribution >= 4 is 78.6 Å². The summed E-state index contributed by atoms with van der Waals surface area (Å²) in [5, 5.41) is 3.45. The van der Waals surface area contributed by atoms with Gasteiger partial charge in [0.25, 0.3) is 0 Å². The molecule has 774 valence electrons. The average Bonchev–Trinajstić information content (AvgIpc) is 0.808. The fourth-order valence-corrected chi connectivity index (χ4v) is 22.7. The van der Waals surface area contributed by atoms with Crippen LogP contribution in [0.3, 0.4) is 0 Å². The third-order valence-corrected chi connectivity index (χ3v) is 31.3. The number of methoxy groups -OCH3 is 1. The van der Waals surface area contributed by atoms with Crippen LogP contribution in [0.15, 0.2) is 135 Å². The van der Waals surface area contributed by atoms with Gasteiger partial charge in [-0.1, -0.05) is 0 Å². The second kappa shape index (κ2) is 49.7. The van der Waals surface area contributed by atoms with E-state index in [0.717, 1.165) is 411 Å². The second-order valence-electron chi connectivity index (χ2n) is 41.8. The van der Waals surface area contributed by atoms with E-state index in [4.69, 9.17) is 72.5 Å². The maximum atomic E-state index is 6.65. The molecule has 23 rings (SSSR count). The fraction of sp³-hybridized carbons (Fsp3) is 0.571. The normalized spacial score (nSPS) is 22.8. The molecule has 4 aromatic carbocycles. The van der Waals surface area contributed by atoms with Gasteiger partial charge in [-0.25, -0.2) is 54.8 Å². The van der Waals surface area contributed by atoms with Crippen molar-refractivity contribution in [2.24, 2.45) is 23.7 Å². The molecule has 34 nitrogen and oxygen atoms in total. The first-order chi connectivity index (χ1) is 71.7. The van der Waals surface area contributed by atoms with Crippen molar-refractivity contribution in [1.82, 2.24) is 94.9 Å². The van der Waals surface area contributed by atoms with E-state index in [1.54, 1.807) is 44.3 Å². The highest BCUT2D eigenvalue weighted by atomic mass is 16.5. The Morgan fingerprint density at radius 3 is 1.16 bits per heavy atom. The molecule has 8 aromatic heterocycles. The largest absolute Gasteiger partial charge is 0.488 e. The number of aryl methyl sites for hydroxylation is 1. The number of hydrogen-bond donors (Lipinski definition) is 1. The smallest absolute Gasteiger partial charge is 0.228 e. The van der Waals surface area contributed by atoms with E-state index in [9.17, 15) is 0 Å². The van der Waals surface area contributed by atoms with Crippen molar-refractivity contribution in [1.29, 1.82) is 0 Å². The zero-order valence-corrected chi connectivity index (χ0v) is 86.3. The van der Waals surface area contributed by atoms with Crippen LogP contribution in [-0.4, -0.2) is 307 Å². The van der Waals surface area contributed by atoms with Gasteiger partial charge in [0, 0.05) is 245 Å². The molecule has 12 aromatic rings. The summed E-state index contributed by atoms with van der Waals surface area (Å²) in [5.74, 6) is 12.3. The number of likely N-dealkylation sites (N-methyl/N-ethyl adjacent to an activating group) is 1. The van der Waals surface area contributed by atoms with Gasteiger partial charge in [-0.2, -0.15) is 4.98 Å². The van der Waals surface area contributed by atoms with E-state index < -0.39 is 0 Å². The maximum absolute atomic E-state index is 6.65. The first-order valence-electron chi connectivity index (χ1n) is 54.1. The number of benzene rings is 4. The fourth-order valence-electron chi connectivity index (χ4n) is 22.7. The summed E-state index contributed by atoms with van der Waals surface area (Å²) >= 11 is 0. The van der Waals surface area contributed by atoms with E-state index >= 15 is 0 Å². The number of piperazine rings is 1. The van der Waals surface area contributed by atoms with Gasteiger partial charge in [0.05, 0.1) is 118 Å². The number of likely N-dealkylation sites (tertiary alicyclic amines) is 1. The van der Waals surface area contributed by atoms with E-state index in [1.165, 1.54) is 36.9 Å². The Morgan fingerprint density at radius 2 is 0.726 bits per heavy atom. The lowest BCUT2D eigenvalue weighted by atomic mass is 9.84. The molecule has 0 atom stereocenters. The molecule has 7 aliphatic heterocycles. The third-order valence-electron chi connectivity index (χ3n) is 31.3. The van der Waals surface area contributed by atoms with E-state index in [0.29, 0.717) is 47.3 Å². The summed E-state index contributed by atoms with van der Waals surface area (Å²) in [6, 6.07) is 23.2. The number of ether oxygens (including phenoxy) is 9. The highest BCUT2D eigenvalue weighted by Gasteiger charge is 2.34. The molecule has 4 saturated carbocycles. The Labute approximate surface area is 858 Å². The number of nitrogens with one attached hydrogen (secondary N) is 1. The molecule has 11 aliphatic rings. The van der Waals surface area contributed by atoms with Gasteiger partial charge in [-0.3, -0.25) is 19.9 Å². The molecular weight excluding hydrogens is 1840 g/mol. The number of rotatable bonds is 25. The molecule has 0 amide bonds. The summed E-state index contributed by atoms with van der Waals surface area (Å²) < 4.78 is 54.0. The number of piperidine rings is 2. The standard InChI is InChI=1S/C30H40N6O2.C28H37N7O2.C28H36N6O2.C26H34N6O3/c1-21-18-31-27-16-25(36-11-13-37-14-12-36)17-28(30(27)34-21)38-26-5-3-22(4-6-26)15-29-32-19-24(20-33-29)23-7-9-35(2)10-8-23;1-33-10-12-35(13-11-33)27-6-7-30-26(32-27)18-21-2-4-23(5-3-21)37-25-20-22(34-14-16-36-17-15-34)19-24-28(25)31-9-8-29-24;1-3-23(4-2-20(1)17-27-31-10-7-24(33-27)21-5-8-29-9-6-21)36-26-19-22(34-13-15-35-16-14-34)18-25-28(26)32-12-11-30-25;1-31(2)26-29-19(15-24(30-26)33-3)14-18-4-6-21(7-5-18)35-23-17-20(32-10-12-34-13-11-32)16-22-25(23)28-9-8-27-22/h16-20,22-23,26H,3-15H2,1-2H3;6-9,19-21,23H,2-5,10-18H2,1H3;7,10-12,18-21,23,29H,1-6,8-9,13-17H2;8-9,15-18,21H,4-7,10-14H2,1-3H3. The highest BCUT2D eigenvalue weighted by Crippen LogP contribution is 2.43. The zero-order chi connectivity index (χ0) is 99.3. The lowest BCUT2D eigenvalue weighted by Crippen LogP contribution is -2.44. The van der Waals surface area contributed by atoms with E-state index in [1.807, 2.05) is 50.6 Å². The molecule has 0 spiro atoms. The summed E-state index contributed by atoms with van der Waals surface area (Å²) in [6.45, 7) is 23.8. The van der Waals surface area contributed by atoms with Gasteiger partial charge in [0.2, 0.25) is 11.8 Å². The summed E-state index contributed by atoms with van der Waals surface area (Å²) in [5.41, 5.74) is 15.9. The van der Waals surface area contributed by atoms with Crippen LogP contribution in [0.4, 0.5) is 34.5 Å². The van der Waals surface area contributed by atoms with Crippen LogP contribution in [0, 0.1) is 30.6 Å². The van der Waals surface area contributed by atoms with Crippen LogP contribution >= 0.6 is 0 Å². The SMILES string of the molecule is CN1CCN(c2ccnc(CC3CCC(Oc4cc(N5CCOCC5)cc5nccnc45)CC3)n2)CC1.COc1cc(CC2CCC(Oc3cc(N4CCOCC4)cc4nccnc34)CC2)nc(N(C)C)n1.Cc1cnc2cc(N3CCOCC3)cc(OC3CCC(Cc4ncc(C5CCN(C)CC5)cn4)CC3)c2n1.c1cc(C2CCNCC2)nc(CC2CCC(Oc3cc(N4CCOCC4)cc4nccnc34)CC2)n1. The number of hydrogen-bond acceptors (Lipinski definition) is 34. The summed E-state index contributed by atoms with van der Waals surface area (Å²) in [4.78, 5) is 93.2. The Hall–Kier alpha value is -11.9. The Bertz CT molecular complexity index is 6180. The van der Waals surface area contributed by atoms with Crippen LogP contribution in [0.25, 0.3) is 44.1 Å². The van der Waals surface area contributed by atoms with Crippen LogP contribution in [0.5, 0.6) is 28.9 Å². The molecule has 7 saturated heterocycles. The average molecular weight is 1990 g/mol. The van der Waals surface area contributed by atoms with Gasteiger partial charge >= 0.3 is 0 Å².